The zero-order valence-corrected chi connectivity index (χ0v) is 17.6. The van der Waals surface area contributed by atoms with E-state index in [0.29, 0.717) is 16.5 Å². The molecule has 1 atom stereocenters. The molecule has 1 amide bonds. The maximum atomic E-state index is 12.6. The number of hydrogen-bond acceptors (Lipinski definition) is 4. The molecular formula is C24H22ClN5O. The van der Waals surface area contributed by atoms with Crippen LogP contribution in [-0.4, -0.2) is 33.9 Å². The van der Waals surface area contributed by atoms with Crippen molar-refractivity contribution in [2.45, 2.75) is 18.8 Å². The highest BCUT2D eigenvalue weighted by atomic mass is 35.5. The fourth-order valence-corrected chi connectivity index (χ4v) is 4.49. The van der Waals surface area contributed by atoms with Gasteiger partial charge in [-0.3, -0.25) is 4.79 Å². The first kappa shape index (κ1) is 19.6. The van der Waals surface area contributed by atoms with Crippen molar-refractivity contribution in [3.63, 3.8) is 0 Å². The normalized spacial score (nSPS) is 16.4. The van der Waals surface area contributed by atoms with E-state index in [4.69, 9.17) is 11.6 Å². The second kappa shape index (κ2) is 8.40. The van der Waals surface area contributed by atoms with Gasteiger partial charge in [-0.05, 0) is 48.7 Å². The number of carbonyl (C=O) groups is 1. The fraction of sp³-hybridized carbons (Fsp3) is 0.208. The van der Waals surface area contributed by atoms with Gasteiger partial charge in [0.1, 0.15) is 17.8 Å². The third-order valence-electron chi connectivity index (χ3n) is 5.79. The Kier molecular flexibility index (Phi) is 5.30. The quantitative estimate of drug-likeness (QED) is 0.463. The topological polar surface area (TPSA) is 73.9 Å². The first-order valence-electron chi connectivity index (χ1n) is 10.4. The van der Waals surface area contributed by atoms with Crippen LogP contribution in [0.5, 0.6) is 0 Å². The molecule has 1 aliphatic heterocycles. The van der Waals surface area contributed by atoms with Crippen molar-refractivity contribution in [3.8, 4) is 0 Å². The maximum Gasteiger partial charge on any atom is 0.257 e. The van der Waals surface area contributed by atoms with E-state index in [9.17, 15) is 4.79 Å². The zero-order chi connectivity index (χ0) is 21.2. The Labute approximate surface area is 185 Å². The Morgan fingerprint density at radius 3 is 2.94 bits per heavy atom. The van der Waals surface area contributed by atoms with Crippen molar-refractivity contribution in [3.05, 3.63) is 83.3 Å². The summed E-state index contributed by atoms with van der Waals surface area (Å²) in [5, 5.41) is 4.47. The summed E-state index contributed by atoms with van der Waals surface area (Å²) in [4.78, 5) is 27.0. The van der Waals surface area contributed by atoms with Gasteiger partial charge in [0.25, 0.3) is 5.91 Å². The lowest BCUT2D eigenvalue weighted by atomic mass is 9.90. The van der Waals surface area contributed by atoms with Crippen molar-refractivity contribution in [2.24, 2.45) is 0 Å². The highest BCUT2D eigenvalue weighted by molar-refractivity contribution is 6.34. The molecule has 0 spiro atoms. The minimum atomic E-state index is -0.205. The molecule has 0 bridgehead atoms. The van der Waals surface area contributed by atoms with Crippen LogP contribution < -0.4 is 10.2 Å². The van der Waals surface area contributed by atoms with Crippen LogP contribution in [0.3, 0.4) is 0 Å². The fourth-order valence-electron chi connectivity index (χ4n) is 4.27. The van der Waals surface area contributed by atoms with Gasteiger partial charge in [0.05, 0.1) is 16.0 Å². The van der Waals surface area contributed by atoms with Crippen LogP contribution in [0.1, 0.15) is 34.7 Å². The van der Waals surface area contributed by atoms with Gasteiger partial charge in [-0.15, -0.1) is 0 Å². The molecule has 6 nitrogen and oxygen atoms in total. The molecular weight excluding hydrogens is 410 g/mol. The number of nitrogens with zero attached hydrogens (tertiary/aromatic N) is 3. The lowest BCUT2D eigenvalue weighted by Crippen LogP contribution is -2.35. The number of H-pyrrole nitrogens is 1. The Bertz CT molecular complexity index is 1240. The van der Waals surface area contributed by atoms with Gasteiger partial charge in [-0.25, -0.2) is 9.97 Å². The van der Waals surface area contributed by atoms with Crippen molar-refractivity contribution >= 4 is 40.0 Å². The minimum Gasteiger partial charge on any atom is -0.355 e. The van der Waals surface area contributed by atoms with E-state index in [0.717, 1.165) is 48.5 Å². The summed E-state index contributed by atoms with van der Waals surface area (Å²) in [5.41, 5.74) is 3.31. The number of fused-ring (bicyclic) bond motifs is 1. The number of carbonyl (C=O) groups excluding carboxylic acids is 1. The standard InChI is InChI=1S/C24H22ClN5O/c25-21-9-2-1-8-19(21)24(31)29-18-7-3-5-16(13-18)17-6-4-12-30(14-17)23-20-10-11-26-22(20)27-15-28-23/h1-3,5,7-11,13,15,17H,4,6,12,14H2,(H,29,31)(H,26,27,28)/t17-/m1/s1. The Balaban J connectivity index is 1.35. The lowest BCUT2D eigenvalue weighted by molar-refractivity contribution is 0.102. The predicted molar refractivity (Wildman–Crippen MR) is 124 cm³/mol. The highest BCUT2D eigenvalue weighted by Crippen LogP contribution is 2.32. The number of aromatic amines is 1. The van der Waals surface area contributed by atoms with E-state index in [2.05, 4.69) is 37.3 Å². The van der Waals surface area contributed by atoms with E-state index in [1.54, 1.807) is 18.5 Å². The summed E-state index contributed by atoms with van der Waals surface area (Å²) in [6.45, 7) is 1.84. The number of nitrogens with one attached hydrogen (secondary N) is 2. The molecule has 3 heterocycles. The monoisotopic (exact) mass is 431 g/mol. The molecule has 0 unspecified atom stereocenters. The van der Waals surface area contributed by atoms with Crippen molar-refractivity contribution < 1.29 is 4.79 Å². The Morgan fingerprint density at radius 1 is 1.13 bits per heavy atom. The van der Waals surface area contributed by atoms with Crippen molar-refractivity contribution in [1.29, 1.82) is 0 Å². The number of benzene rings is 2. The first-order chi connectivity index (χ1) is 15.2. The van der Waals surface area contributed by atoms with Crippen LogP contribution in [0, 0.1) is 0 Å². The molecule has 1 fully saturated rings. The number of rotatable bonds is 4. The van der Waals surface area contributed by atoms with Crippen LogP contribution in [0.2, 0.25) is 5.02 Å². The van der Waals surface area contributed by atoms with Crippen LogP contribution in [0.4, 0.5) is 11.5 Å². The largest absolute Gasteiger partial charge is 0.355 e. The second-order valence-corrected chi connectivity index (χ2v) is 8.19. The smallest absolute Gasteiger partial charge is 0.257 e. The van der Waals surface area contributed by atoms with Gasteiger partial charge < -0.3 is 15.2 Å². The molecule has 1 aliphatic rings. The molecule has 0 aliphatic carbocycles. The van der Waals surface area contributed by atoms with E-state index in [-0.39, 0.29) is 5.91 Å². The lowest BCUT2D eigenvalue weighted by Gasteiger charge is -2.34. The maximum absolute atomic E-state index is 12.6. The van der Waals surface area contributed by atoms with Crippen LogP contribution in [0.15, 0.2) is 67.1 Å². The number of aromatic nitrogens is 3. The molecule has 2 aromatic carbocycles. The van der Waals surface area contributed by atoms with E-state index in [1.165, 1.54) is 5.56 Å². The molecule has 7 heteroatoms. The Hall–Kier alpha value is -3.38. The van der Waals surface area contributed by atoms with Gasteiger partial charge in [0.15, 0.2) is 0 Å². The van der Waals surface area contributed by atoms with Gasteiger partial charge in [-0.2, -0.15) is 0 Å². The minimum absolute atomic E-state index is 0.205. The molecule has 31 heavy (non-hydrogen) atoms. The Morgan fingerprint density at radius 2 is 2.03 bits per heavy atom. The zero-order valence-electron chi connectivity index (χ0n) is 16.9. The van der Waals surface area contributed by atoms with Gasteiger partial charge in [-0.1, -0.05) is 35.9 Å². The van der Waals surface area contributed by atoms with Crippen LogP contribution >= 0.6 is 11.6 Å². The number of hydrogen-bond donors (Lipinski definition) is 2. The van der Waals surface area contributed by atoms with Gasteiger partial charge >= 0.3 is 0 Å². The molecule has 4 aromatic rings. The summed E-state index contributed by atoms with van der Waals surface area (Å²) in [6.07, 6.45) is 5.69. The van der Waals surface area contributed by atoms with Crippen molar-refractivity contribution in [1.82, 2.24) is 15.0 Å². The number of amides is 1. The molecule has 0 radical (unpaired) electrons. The molecule has 0 saturated carbocycles. The first-order valence-corrected chi connectivity index (χ1v) is 10.8. The van der Waals surface area contributed by atoms with Gasteiger partial charge in [0, 0.05) is 30.9 Å². The van der Waals surface area contributed by atoms with Crippen LogP contribution in [0.25, 0.3) is 11.0 Å². The van der Waals surface area contributed by atoms with E-state index in [1.807, 2.05) is 36.5 Å². The van der Waals surface area contributed by atoms with E-state index >= 15 is 0 Å². The number of halogens is 1. The molecule has 1 saturated heterocycles. The SMILES string of the molecule is O=C(Nc1cccc([C@@H]2CCCN(c3ncnc4[nH]ccc34)C2)c1)c1ccccc1Cl. The average Bonchev–Trinajstić information content (AvgIpc) is 3.29. The molecule has 5 rings (SSSR count). The third-order valence-corrected chi connectivity index (χ3v) is 6.12. The molecule has 156 valence electrons. The number of anilines is 2. The van der Waals surface area contributed by atoms with E-state index < -0.39 is 0 Å². The van der Waals surface area contributed by atoms with Crippen molar-refractivity contribution in [2.75, 3.05) is 23.3 Å². The highest BCUT2D eigenvalue weighted by Gasteiger charge is 2.24. The summed E-state index contributed by atoms with van der Waals surface area (Å²) < 4.78 is 0. The summed E-state index contributed by atoms with van der Waals surface area (Å²) in [6, 6.07) is 17.2. The molecule has 2 aromatic heterocycles. The summed E-state index contributed by atoms with van der Waals surface area (Å²) in [5.74, 6) is 1.12. The predicted octanol–water partition coefficient (Wildman–Crippen LogP) is 5.25. The van der Waals surface area contributed by atoms with Gasteiger partial charge in [0.2, 0.25) is 0 Å². The van der Waals surface area contributed by atoms with Crippen LogP contribution in [-0.2, 0) is 0 Å². The summed E-state index contributed by atoms with van der Waals surface area (Å²) in [7, 11) is 0. The third kappa shape index (κ3) is 3.99. The molecule has 2 N–H and O–H groups in total. The summed E-state index contributed by atoms with van der Waals surface area (Å²) >= 11 is 6.17. The second-order valence-electron chi connectivity index (χ2n) is 7.78. The number of piperidine rings is 1. The average molecular weight is 432 g/mol.